The van der Waals surface area contributed by atoms with Crippen LogP contribution in [0, 0.1) is 32.1 Å². The molecular formula is C13H17NO. The van der Waals surface area contributed by atoms with Gasteiger partial charge in [-0.05, 0) is 50.5 Å². The first-order valence-corrected chi connectivity index (χ1v) is 5.16. The molecular weight excluding hydrogens is 186 g/mol. The summed E-state index contributed by atoms with van der Waals surface area (Å²) in [6.07, 6.45) is 0.377. The van der Waals surface area contributed by atoms with Gasteiger partial charge >= 0.3 is 0 Å². The molecule has 1 aromatic rings. The van der Waals surface area contributed by atoms with Gasteiger partial charge in [0.25, 0.3) is 0 Å². The van der Waals surface area contributed by atoms with Crippen LogP contribution in [0.2, 0.25) is 0 Å². The quantitative estimate of drug-likeness (QED) is 0.755. The number of ether oxygens (including phenoxy) is 1. The Morgan fingerprint density at radius 2 is 1.80 bits per heavy atom. The van der Waals surface area contributed by atoms with Crippen LogP contribution >= 0.6 is 0 Å². The summed E-state index contributed by atoms with van der Waals surface area (Å²) in [6, 6.07) is 6.26. The molecule has 0 aliphatic rings. The zero-order valence-corrected chi connectivity index (χ0v) is 9.79. The van der Waals surface area contributed by atoms with Crippen LogP contribution in [0.5, 0.6) is 5.75 Å². The van der Waals surface area contributed by atoms with Crippen LogP contribution in [-0.2, 0) is 0 Å². The Labute approximate surface area is 91.5 Å². The van der Waals surface area contributed by atoms with Gasteiger partial charge in [0, 0.05) is 0 Å². The molecule has 0 heterocycles. The number of nitriles is 1. The molecule has 0 bridgehead atoms. The van der Waals surface area contributed by atoms with E-state index < -0.39 is 0 Å². The lowest BCUT2D eigenvalue weighted by atomic mass is 10.1. The van der Waals surface area contributed by atoms with Crippen LogP contribution in [0.3, 0.4) is 0 Å². The minimum absolute atomic E-state index is 0.0455. The summed E-state index contributed by atoms with van der Waals surface area (Å²) in [5.41, 5.74) is 3.62. The predicted octanol–water partition coefficient (Wildman–Crippen LogP) is 3.29. The second kappa shape index (κ2) is 4.84. The normalized spacial score (nSPS) is 11.9. The standard InChI is InChI=1S/C13H17NO/c1-9-7-11(3)13(8-10(9)2)15-12(4)5-6-14/h7-8,12H,5H2,1-4H3. The highest BCUT2D eigenvalue weighted by atomic mass is 16.5. The van der Waals surface area contributed by atoms with Crippen molar-refractivity contribution in [2.24, 2.45) is 0 Å². The third kappa shape index (κ3) is 2.99. The van der Waals surface area contributed by atoms with E-state index in [4.69, 9.17) is 10.00 Å². The first kappa shape index (κ1) is 11.6. The van der Waals surface area contributed by atoms with Crippen molar-refractivity contribution in [2.45, 2.75) is 40.2 Å². The van der Waals surface area contributed by atoms with Crippen LogP contribution in [0.25, 0.3) is 0 Å². The fourth-order valence-corrected chi connectivity index (χ4v) is 1.45. The van der Waals surface area contributed by atoms with Gasteiger partial charge in [0.15, 0.2) is 0 Å². The highest BCUT2D eigenvalue weighted by Crippen LogP contribution is 2.23. The Balaban J connectivity index is 2.87. The third-order valence-corrected chi connectivity index (χ3v) is 2.50. The van der Waals surface area contributed by atoms with Crippen molar-refractivity contribution in [3.05, 3.63) is 28.8 Å². The third-order valence-electron chi connectivity index (χ3n) is 2.50. The number of rotatable bonds is 3. The Morgan fingerprint density at radius 1 is 1.20 bits per heavy atom. The molecule has 2 nitrogen and oxygen atoms in total. The maximum atomic E-state index is 8.55. The smallest absolute Gasteiger partial charge is 0.122 e. The molecule has 1 aromatic carbocycles. The van der Waals surface area contributed by atoms with Crippen molar-refractivity contribution >= 4 is 0 Å². The molecule has 1 atom stereocenters. The van der Waals surface area contributed by atoms with Crippen molar-refractivity contribution in [3.63, 3.8) is 0 Å². The second-order valence-corrected chi connectivity index (χ2v) is 3.99. The summed E-state index contributed by atoms with van der Waals surface area (Å²) in [7, 11) is 0. The molecule has 0 aromatic heterocycles. The van der Waals surface area contributed by atoms with Crippen molar-refractivity contribution in [2.75, 3.05) is 0 Å². The van der Waals surface area contributed by atoms with Crippen molar-refractivity contribution in [3.8, 4) is 11.8 Å². The van der Waals surface area contributed by atoms with Crippen LogP contribution in [-0.4, -0.2) is 6.10 Å². The van der Waals surface area contributed by atoms with Crippen LogP contribution < -0.4 is 4.74 Å². The molecule has 0 aliphatic carbocycles. The summed E-state index contributed by atoms with van der Waals surface area (Å²) < 4.78 is 5.70. The lowest BCUT2D eigenvalue weighted by molar-refractivity contribution is 0.225. The highest BCUT2D eigenvalue weighted by molar-refractivity contribution is 5.40. The molecule has 1 unspecified atom stereocenters. The number of nitrogens with zero attached hydrogens (tertiary/aromatic N) is 1. The van der Waals surface area contributed by atoms with Crippen LogP contribution in [0.1, 0.15) is 30.0 Å². The fourth-order valence-electron chi connectivity index (χ4n) is 1.45. The Morgan fingerprint density at radius 3 is 2.40 bits per heavy atom. The van der Waals surface area contributed by atoms with E-state index in [0.29, 0.717) is 6.42 Å². The van der Waals surface area contributed by atoms with Crippen LogP contribution in [0.15, 0.2) is 12.1 Å². The van der Waals surface area contributed by atoms with E-state index >= 15 is 0 Å². The summed E-state index contributed by atoms with van der Waals surface area (Å²) in [6.45, 7) is 8.10. The van der Waals surface area contributed by atoms with Crippen molar-refractivity contribution in [1.29, 1.82) is 5.26 Å². The average Bonchev–Trinajstić information content (AvgIpc) is 2.14. The highest BCUT2D eigenvalue weighted by Gasteiger charge is 2.07. The molecule has 15 heavy (non-hydrogen) atoms. The zero-order valence-electron chi connectivity index (χ0n) is 9.79. The number of hydrogen-bond donors (Lipinski definition) is 0. The molecule has 0 spiro atoms. The molecule has 1 rings (SSSR count). The van der Waals surface area contributed by atoms with Gasteiger partial charge in [0.1, 0.15) is 11.9 Å². The Kier molecular flexibility index (Phi) is 3.74. The second-order valence-electron chi connectivity index (χ2n) is 3.99. The van der Waals surface area contributed by atoms with E-state index in [1.807, 2.05) is 19.9 Å². The van der Waals surface area contributed by atoms with E-state index in [2.05, 4.69) is 26.0 Å². The SMILES string of the molecule is Cc1cc(C)c(OC(C)CC#N)cc1C. The molecule has 0 aliphatic heterocycles. The van der Waals surface area contributed by atoms with Gasteiger partial charge in [-0.15, -0.1) is 0 Å². The van der Waals surface area contributed by atoms with Gasteiger partial charge in [0.2, 0.25) is 0 Å². The summed E-state index contributed by atoms with van der Waals surface area (Å²) in [4.78, 5) is 0. The molecule has 0 amide bonds. The van der Waals surface area contributed by atoms with E-state index in [0.717, 1.165) is 11.3 Å². The van der Waals surface area contributed by atoms with Gasteiger partial charge < -0.3 is 4.74 Å². The maximum Gasteiger partial charge on any atom is 0.122 e. The number of aryl methyl sites for hydroxylation is 3. The maximum absolute atomic E-state index is 8.55. The van der Waals surface area contributed by atoms with E-state index in [-0.39, 0.29) is 6.10 Å². The minimum atomic E-state index is -0.0455. The number of hydrogen-bond acceptors (Lipinski definition) is 2. The van der Waals surface area contributed by atoms with Gasteiger partial charge in [-0.1, -0.05) is 6.07 Å². The molecule has 80 valence electrons. The number of benzene rings is 1. The summed E-state index contributed by atoms with van der Waals surface area (Å²) in [5, 5.41) is 8.55. The lowest BCUT2D eigenvalue weighted by Crippen LogP contribution is -2.11. The molecule has 0 N–H and O–H groups in total. The monoisotopic (exact) mass is 203 g/mol. The van der Waals surface area contributed by atoms with Crippen molar-refractivity contribution < 1.29 is 4.74 Å². The van der Waals surface area contributed by atoms with Gasteiger partial charge in [-0.2, -0.15) is 5.26 Å². The van der Waals surface area contributed by atoms with Crippen LogP contribution in [0.4, 0.5) is 0 Å². The molecule has 0 fully saturated rings. The first-order valence-electron chi connectivity index (χ1n) is 5.16. The van der Waals surface area contributed by atoms with E-state index in [9.17, 15) is 0 Å². The first-order chi connectivity index (χ1) is 7.04. The molecule has 0 saturated heterocycles. The van der Waals surface area contributed by atoms with E-state index in [1.54, 1.807) is 0 Å². The van der Waals surface area contributed by atoms with Crippen molar-refractivity contribution in [1.82, 2.24) is 0 Å². The molecule has 0 saturated carbocycles. The zero-order chi connectivity index (χ0) is 11.4. The average molecular weight is 203 g/mol. The predicted molar refractivity (Wildman–Crippen MR) is 61.0 cm³/mol. The largest absolute Gasteiger partial charge is 0.489 e. The fraction of sp³-hybridized carbons (Fsp3) is 0.462. The van der Waals surface area contributed by atoms with E-state index in [1.165, 1.54) is 11.1 Å². The molecule has 0 radical (unpaired) electrons. The van der Waals surface area contributed by atoms with Gasteiger partial charge in [-0.25, -0.2) is 0 Å². The van der Waals surface area contributed by atoms with Gasteiger partial charge in [0.05, 0.1) is 12.5 Å². The summed E-state index contributed by atoms with van der Waals surface area (Å²) in [5.74, 6) is 0.890. The Hall–Kier alpha value is -1.49. The lowest BCUT2D eigenvalue weighted by Gasteiger charge is -2.15. The van der Waals surface area contributed by atoms with Gasteiger partial charge in [-0.3, -0.25) is 0 Å². The summed E-state index contributed by atoms with van der Waals surface area (Å²) >= 11 is 0. The Bertz CT molecular complexity index is 390. The molecule has 2 heteroatoms. The minimum Gasteiger partial charge on any atom is -0.489 e. The topological polar surface area (TPSA) is 33.0 Å².